The van der Waals surface area contributed by atoms with Crippen LogP contribution in [0.2, 0.25) is 0 Å². The molecule has 0 amide bonds. The molecule has 1 aliphatic heterocycles. The Morgan fingerprint density at radius 2 is 2.40 bits per heavy atom. The van der Waals surface area contributed by atoms with E-state index in [-0.39, 0.29) is 11.9 Å². The quantitative estimate of drug-likeness (QED) is 0.488. The van der Waals surface area contributed by atoms with Crippen LogP contribution >= 0.6 is 0 Å². The highest BCUT2D eigenvalue weighted by Crippen LogP contribution is 2.14. The highest BCUT2D eigenvalue weighted by atomic mass is 16.5. The maximum Gasteiger partial charge on any atom is 0.310 e. The predicted octanol–water partition coefficient (Wildman–Crippen LogP) is 0.111. The van der Waals surface area contributed by atoms with Gasteiger partial charge in [-0.15, -0.1) is 0 Å². The Balaban J connectivity index is 2.37. The highest BCUT2D eigenvalue weighted by Gasteiger charge is 2.26. The molecule has 0 aromatic heterocycles. The number of rotatable bonds is 1. The van der Waals surface area contributed by atoms with Gasteiger partial charge in [0.05, 0.1) is 13.0 Å². The summed E-state index contributed by atoms with van der Waals surface area (Å²) in [4.78, 5) is 13.1. The molecule has 3 nitrogen and oxygen atoms in total. The van der Waals surface area contributed by atoms with Gasteiger partial charge >= 0.3 is 5.97 Å². The highest BCUT2D eigenvalue weighted by molar-refractivity contribution is 5.72. The van der Waals surface area contributed by atoms with Crippen molar-refractivity contribution in [1.29, 1.82) is 0 Å². The van der Waals surface area contributed by atoms with Crippen molar-refractivity contribution in [3.05, 3.63) is 0 Å². The van der Waals surface area contributed by atoms with Gasteiger partial charge in [-0.05, 0) is 20.0 Å². The van der Waals surface area contributed by atoms with E-state index >= 15 is 0 Å². The fraction of sp³-hybridized carbons (Fsp3) is 0.857. The van der Waals surface area contributed by atoms with Crippen LogP contribution in [0.4, 0.5) is 0 Å². The first-order chi connectivity index (χ1) is 4.74. The number of methoxy groups -OCH3 is 1. The van der Waals surface area contributed by atoms with Gasteiger partial charge in [-0.2, -0.15) is 0 Å². The Morgan fingerprint density at radius 3 is 2.80 bits per heavy atom. The first-order valence-corrected chi connectivity index (χ1v) is 3.50. The lowest BCUT2D eigenvalue weighted by molar-refractivity contribution is -0.144. The molecule has 0 aromatic carbocycles. The van der Waals surface area contributed by atoms with Crippen LogP contribution in [0, 0.1) is 5.92 Å². The lowest BCUT2D eigenvalue weighted by Gasteiger charge is -2.06. The molecule has 1 atom stereocenters. The average molecular weight is 143 g/mol. The molecule has 1 aliphatic rings. The lowest BCUT2D eigenvalue weighted by atomic mass is 10.1. The minimum atomic E-state index is -0.0654. The van der Waals surface area contributed by atoms with Crippen LogP contribution in [0.1, 0.15) is 6.42 Å². The minimum Gasteiger partial charge on any atom is -0.469 e. The zero-order chi connectivity index (χ0) is 7.56. The third-order valence-corrected chi connectivity index (χ3v) is 1.93. The van der Waals surface area contributed by atoms with E-state index in [2.05, 4.69) is 9.64 Å². The van der Waals surface area contributed by atoms with Gasteiger partial charge < -0.3 is 9.64 Å². The second-order valence-electron chi connectivity index (χ2n) is 2.77. The largest absolute Gasteiger partial charge is 0.469 e. The van der Waals surface area contributed by atoms with E-state index in [1.165, 1.54) is 7.11 Å². The monoisotopic (exact) mass is 143 g/mol. The van der Waals surface area contributed by atoms with Crippen molar-refractivity contribution in [3.63, 3.8) is 0 Å². The molecule has 1 saturated heterocycles. The van der Waals surface area contributed by atoms with E-state index in [4.69, 9.17) is 0 Å². The van der Waals surface area contributed by atoms with Crippen molar-refractivity contribution in [2.75, 3.05) is 27.2 Å². The number of ether oxygens (including phenoxy) is 1. The van der Waals surface area contributed by atoms with Crippen molar-refractivity contribution in [1.82, 2.24) is 4.90 Å². The van der Waals surface area contributed by atoms with Crippen LogP contribution in [-0.4, -0.2) is 38.1 Å². The molecule has 0 radical (unpaired) electrons. The maximum absolute atomic E-state index is 10.9. The summed E-state index contributed by atoms with van der Waals surface area (Å²) in [6, 6.07) is 0. The number of carbonyl (C=O) groups is 1. The SMILES string of the molecule is COC(=O)C1CCN(C)C1. The molecular weight excluding hydrogens is 130 g/mol. The molecule has 1 heterocycles. The second kappa shape index (κ2) is 3.01. The Hall–Kier alpha value is -0.570. The molecule has 0 saturated carbocycles. The Bertz CT molecular complexity index is 136. The van der Waals surface area contributed by atoms with Crippen LogP contribution in [0.3, 0.4) is 0 Å². The molecule has 0 aliphatic carbocycles. The Labute approximate surface area is 61.0 Å². The van der Waals surface area contributed by atoms with Crippen LogP contribution in [0.25, 0.3) is 0 Å². The number of likely N-dealkylation sites (tertiary alicyclic amines) is 1. The zero-order valence-corrected chi connectivity index (χ0v) is 6.46. The Morgan fingerprint density at radius 1 is 1.70 bits per heavy atom. The molecular formula is C7H13NO2. The van der Waals surface area contributed by atoms with Crippen molar-refractivity contribution >= 4 is 5.97 Å². The number of hydrogen-bond acceptors (Lipinski definition) is 3. The van der Waals surface area contributed by atoms with Crippen molar-refractivity contribution in [3.8, 4) is 0 Å². The van der Waals surface area contributed by atoms with Gasteiger partial charge in [0.25, 0.3) is 0 Å². The summed E-state index contributed by atoms with van der Waals surface area (Å²) < 4.78 is 4.62. The molecule has 1 unspecified atom stereocenters. The van der Waals surface area contributed by atoms with E-state index in [0.717, 1.165) is 19.5 Å². The van der Waals surface area contributed by atoms with Gasteiger partial charge in [0.1, 0.15) is 0 Å². The minimum absolute atomic E-state index is 0.0654. The van der Waals surface area contributed by atoms with Crippen LogP contribution < -0.4 is 0 Å². The third-order valence-electron chi connectivity index (χ3n) is 1.93. The van der Waals surface area contributed by atoms with Crippen molar-refractivity contribution in [2.45, 2.75) is 6.42 Å². The summed E-state index contributed by atoms with van der Waals surface area (Å²) in [6.07, 6.45) is 0.948. The van der Waals surface area contributed by atoms with E-state index in [9.17, 15) is 4.79 Å². The number of hydrogen-bond donors (Lipinski definition) is 0. The molecule has 0 spiro atoms. The zero-order valence-electron chi connectivity index (χ0n) is 6.46. The average Bonchev–Trinajstić information content (AvgIpc) is 2.34. The normalized spacial score (nSPS) is 26.8. The topological polar surface area (TPSA) is 29.5 Å². The van der Waals surface area contributed by atoms with E-state index in [1.807, 2.05) is 7.05 Å². The van der Waals surface area contributed by atoms with Crippen LogP contribution in [0.15, 0.2) is 0 Å². The number of carbonyl (C=O) groups excluding carboxylic acids is 1. The van der Waals surface area contributed by atoms with Crippen LogP contribution in [-0.2, 0) is 9.53 Å². The molecule has 0 aromatic rings. The first-order valence-electron chi connectivity index (χ1n) is 3.50. The summed E-state index contributed by atoms with van der Waals surface area (Å²) in [5.41, 5.74) is 0. The van der Waals surface area contributed by atoms with Crippen molar-refractivity contribution < 1.29 is 9.53 Å². The molecule has 1 fully saturated rings. The predicted molar refractivity (Wildman–Crippen MR) is 37.6 cm³/mol. The fourth-order valence-electron chi connectivity index (χ4n) is 1.29. The summed E-state index contributed by atoms with van der Waals surface area (Å²) in [5.74, 6) is 0.0550. The molecule has 0 N–H and O–H groups in total. The molecule has 10 heavy (non-hydrogen) atoms. The third kappa shape index (κ3) is 1.48. The van der Waals surface area contributed by atoms with E-state index in [1.54, 1.807) is 0 Å². The number of esters is 1. The van der Waals surface area contributed by atoms with Crippen molar-refractivity contribution in [2.24, 2.45) is 5.92 Å². The number of nitrogens with zero attached hydrogens (tertiary/aromatic N) is 1. The maximum atomic E-state index is 10.9. The molecule has 1 rings (SSSR count). The van der Waals surface area contributed by atoms with E-state index < -0.39 is 0 Å². The molecule has 58 valence electrons. The van der Waals surface area contributed by atoms with Crippen LogP contribution in [0.5, 0.6) is 0 Å². The van der Waals surface area contributed by atoms with E-state index in [0.29, 0.717) is 0 Å². The Kier molecular flexibility index (Phi) is 2.27. The molecule has 0 bridgehead atoms. The van der Waals surface area contributed by atoms with Gasteiger partial charge in [0.2, 0.25) is 0 Å². The van der Waals surface area contributed by atoms with Gasteiger partial charge in [0.15, 0.2) is 0 Å². The van der Waals surface area contributed by atoms with Gasteiger partial charge in [-0.1, -0.05) is 0 Å². The first kappa shape index (κ1) is 7.54. The molecule has 3 heteroatoms. The fourth-order valence-corrected chi connectivity index (χ4v) is 1.29. The smallest absolute Gasteiger partial charge is 0.310 e. The lowest BCUT2D eigenvalue weighted by Crippen LogP contribution is -2.20. The summed E-state index contributed by atoms with van der Waals surface area (Å²) in [7, 11) is 3.46. The second-order valence-corrected chi connectivity index (χ2v) is 2.77. The summed E-state index contributed by atoms with van der Waals surface area (Å²) in [6.45, 7) is 1.87. The standard InChI is InChI=1S/C7H13NO2/c1-8-4-3-6(5-8)7(9)10-2/h6H,3-5H2,1-2H3. The summed E-state index contributed by atoms with van der Waals surface area (Å²) in [5, 5.41) is 0. The van der Waals surface area contributed by atoms with Gasteiger partial charge in [-0.3, -0.25) is 4.79 Å². The van der Waals surface area contributed by atoms with Gasteiger partial charge in [-0.25, -0.2) is 0 Å². The summed E-state index contributed by atoms with van der Waals surface area (Å²) >= 11 is 0. The van der Waals surface area contributed by atoms with Gasteiger partial charge in [0, 0.05) is 6.54 Å².